The third kappa shape index (κ3) is 4.24. The lowest BCUT2D eigenvalue weighted by Gasteiger charge is -2.11. The van der Waals surface area contributed by atoms with E-state index in [1.54, 1.807) is 12.1 Å². The van der Waals surface area contributed by atoms with Crippen molar-refractivity contribution in [2.45, 2.75) is 26.3 Å². The van der Waals surface area contributed by atoms with Crippen LogP contribution < -0.4 is 10.6 Å². The van der Waals surface area contributed by atoms with Crippen LogP contribution in [0.15, 0.2) is 39.4 Å². The van der Waals surface area contributed by atoms with Gasteiger partial charge in [0.15, 0.2) is 5.76 Å². The van der Waals surface area contributed by atoms with E-state index in [-0.39, 0.29) is 36.6 Å². The highest BCUT2D eigenvalue weighted by Crippen LogP contribution is 2.15. The van der Waals surface area contributed by atoms with Gasteiger partial charge in [-0.2, -0.15) is 0 Å². The Morgan fingerprint density at radius 3 is 2.71 bits per heavy atom. The van der Waals surface area contributed by atoms with Gasteiger partial charge in [0.25, 0.3) is 5.91 Å². The van der Waals surface area contributed by atoms with Crippen LogP contribution in [0.2, 0.25) is 0 Å². The molecule has 2 aromatic rings. The van der Waals surface area contributed by atoms with Crippen LogP contribution in [0.3, 0.4) is 0 Å². The first-order valence-electron chi connectivity index (χ1n) is 6.73. The molecule has 2 rings (SSSR count). The maximum atomic E-state index is 11.8. The number of furan rings is 2. The van der Waals surface area contributed by atoms with E-state index in [2.05, 4.69) is 10.6 Å². The lowest BCUT2D eigenvalue weighted by molar-refractivity contribution is -0.121. The molecule has 6 nitrogen and oxygen atoms in total. The fourth-order valence-electron chi connectivity index (χ4n) is 1.86. The number of carbonyl (C=O) groups excluding carboxylic acids is 2. The molecule has 0 bridgehead atoms. The fourth-order valence-corrected chi connectivity index (χ4v) is 1.86. The van der Waals surface area contributed by atoms with E-state index in [1.807, 2.05) is 26.0 Å². The molecule has 112 valence electrons. The second-order valence-corrected chi connectivity index (χ2v) is 4.72. The average molecular weight is 290 g/mol. The lowest BCUT2D eigenvalue weighted by atomic mass is 10.2. The molecular weight excluding hydrogens is 272 g/mol. The number of hydrogen-bond acceptors (Lipinski definition) is 4. The highest BCUT2D eigenvalue weighted by Gasteiger charge is 2.13. The smallest absolute Gasteiger partial charge is 0.286 e. The Bertz CT molecular complexity index is 601. The molecule has 0 spiro atoms. The molecule has 0 aliphatic heterocycles. The summed E-state index contributed by atoms with van der Waals surface area (Å²) in [6.07, 6.45) is 1.62. The Labute approximate surface area is 122 Å². The predicted molar refractivity (Wildman–Crippen MR) is 75.7 cm³/mol. The third-order valence-electron chi connectivity index (χ3n) is 2.95. The first-order valence-corrected chi connectivity index (χ1v) is 6.73. The molecule has 2 heterocycles. The van der Waals surface area contributed by atoms with Crippen LogP contribution in [0.5, 0.6) is 0 Å². The number of hydrogen-bond donors (Lipinski definition) is 2. The van der Waals surface area contributed by atoms with Crippen molar-refractivity contribution >= 4 is 11.8 Å². The fraction of sp³-hybridized carbons (Fsp3) is 0.333. The van der Waals surface area contributed by atoms with E-state index in [1.165, 1.54) is 6.26 Å². The van der Waals surface area contributed by atoms with Gasteiger partial charge in [-0.1, -0.05) is 0 Å². The van der Waals surface area contributed by atoms with Gasteiger partial charge in [0.05, 0.1) is 12.3 Å². The van der Waals surface area contributed by atoms with E-state index in [4.69, 9.17) is 8.83 Å². The van der Waals surface area contributed by atoms with Crippen molar-refractivity contribution in [2.24, 2.45) is 0 Å². The first-order chi connectivity index (χ1) is 10.1. The molecule has 2 aromatic heterocycles. The van der Waals surface area contributed by atoms with E-state index in [0.717, 1.165) is 5.76 Å². The number of rotatable bonds is 6. The summed E-state index contributed by atoms with van der Waals surface area (Å²) in [6, 6.07) is 6.68. The van der Waals surface area contributed by atoms with Gasteiger partial charge >= 0.3 is 0 Å². The number of amides is 2. The number of aryl methyl sites for hydroxylation is 1. The van der Waals surface area contributed by atoms with E-state index < -0.39 is 0 Å². The summed E-state index contributed by atoms with van der Waals surface area (Å²) in [4.78, 5) is 23.4. The first kappa shape index (κ1) is 14.9. The van der Waals surface area contributed by atoms with Crippen molar-refractivity contribution < 1.29 is 18.4 Å². The van der Waals surface area contributed by atoms with Crippen molar-refractivity contribution in [2.75, 3.05) is 6.54 Å². The molecule has 2 amide bonds. The Morgan fingerprint density at radius 1 is 1.29 bits per heavy atom. The van der Waals surface area contributed by atoms with Crippen molar-refractivity contribution in [3.05, 3.63) is 47.8 Å². The van der Waals surface area contributed by atoms with Gasteiger partial charge < -0.3 is 19.5 Å². The van der Waals surface area contributed by atoms with Gasteiger partial charge in [-0.3, -0.25) is 9.59 Å². The molecular formula is C15H18N2O4. The molecule has 21 heavy (non-hydrogen) atoms. The van der Waals surface area contributed by atoms with Gasteiger partial charge in [-0.05, 0) is 38.1 Å². The standard InChI is InChI=1S/C15H18N2O4/c1-10-5-6-12(21-10)11(2)17-14(18)7-8-16-15(19)13-4-3-9-20-13/h3-6,9,11H,7-8H2,1-2H3,(H,16,19)(H,17,18). The number of carbonyl (C=O) groups is 2. The van der Waals surface area contributed by atoms with Gasteiger partial charge in [0, 0.05) is 13.0 Å². The Hall–Kier alpha value is -2.50. The van der Waals surface area contributed by atoms with Crippen LogP contribution in [0.4, 0.5) is 0 Å². The Kier molecular flexibility index (Phi) is 4.81. The molecule has 0 aromatic carbocycles. The molecule has 0 saturated heterocycles. The van der Waals surface area contributed by atoms with Crippen LogP contribution in [0.25, 0.3) is 0 Å². The van der Waals surface area contributed by atoms with Crippen molar-refractivity contribution in [3.8, 4) is 0 Å². The van der Waals surface area contributed by atoms with Crippen LogP contribution in [0, 0.1) is 6.92 Å². The van der Waals surface area contributed by atoms with Crippen LogP contribution in [-0.4, -0.2) is 18.4 Å². The number of nitrogens with one attached hydrogen (secondary N) is 2. The van der Waals surface area contributed by atoms with Crippen LogP contribution >= 0.6 is 0 Å². The zero-order chi connectivity index (χ0) is 15.2. The second kappa shape index (κ2) is 6.78. The van der Waals surface area contributed by atoms with Gasteiger partial charge in [-0.15, -0.1) is 0 Å². The summed E-state index contributed by atoms with van der Waals surface area (Å²) in [6.45, 7) is 3.94. The minimum Gasteiger partial charge on any atom is -0.464 e. The highest BCUT2D eigenvalue weighted by molar-refractivity contribution is 5.91. The summed E-state index contributed by atoms with van der Waals surface area (Å²) in [5.74, 6) is 1.26. The predicted octanol–water partition coefficient (Wildman–Crippen LogP) is 2.18. The summed E-state index contributed by atoms with van der Waals surface area (Å²) in [5, 5.41) is 5.43. The zero-order valence-electron chi connectivity index (χ0n) is 12.0. The SMILES string of the molecule is Cc1ccc(C(C)NC(=O)CCNC(=O)c2ccco2)o1. The molecule has 0 aliphatic carbocycles. The maximum absolute atomic E-state index is 11.8. The van der Waals surface area contributed by atoms with Crippen LogP contribution in [-0.2, 0) is 4.79 Å². The lowest BCUT2D eigenvalue weighted by Crippen LogP contribution is -2.31. The molecule has 0 aliphatic rings. The van der Waals surface area contributed by atoms with Crippen molar-refractivity contribution in [1.29, 1.82) is 0 Å². The molecule has 6 heteroatoms. The quantitative estimate of drug-likeness (QED) is 0.854. The van der Waals surface area contributed by atoms with E-state index >= 15 is 0 Å². The van der Waals surface area contributed by atoms with Gasteiger partial charge in [0.2, 0.25) is 5.91 Å². The van der Waals surface area contributed by atoms with Crippen LogP contribution in [0.1, 0.15) is 41.5 Å². The minimum atomic E-state index is -0.331. The van der Waals surface area contributed by atoms with Crippen molar-refractivity contribution in [3.63, 3.8) is 0 Å². The Morgan fingerprint density at radius 2 is 2.10 bits per heavy atom. The Balaban J connectivity index is 1.71. The topological polar surface area (TPSA) is 84.5 Å². The van der Waals surface area contributed by atoms with E-state index in [0.29, 0.717) is 5.76 Å². The normalized spacial score (nSPS) is 11.9. The molecule has 2 N–H and O–H groups in total. The minimum absolute atomic E-state index is 0.156. The monoisotopic (exact) mass is 290 g/mol. The van der Waals surface area contributed by atoms with E-state index in [9.17, 15) is 9.59 Å². The largest absolute Gasteiger partial charge is 0.464 e. The summed E-state index contributed by atoms with van der Waals surface area (Å²) in [5.41, 5.74) is 0. The summed E-state index contributed by atoms with van der Waals surface area (Å²) < 4.78 is 10.4. The average Bonchev–Trinajstić information content (AvgIpc) is 3.09. The second-order valence-electron chi connectivity index (χ2n) is 4.72. The zero-order valence-corrected chi connectivity index (χ0v) is 12.0. The maximum Gasteiger partial charge on any atom is 0.286 e. The summed E-state index contributed by atoms with van der Waals surface area (Å²) >= 11 is 0. The van der Waals surface area contributed by atoms with Gasteiger partial charge in [0.1, 0.15) is 11.5 Å². The molecule has 1 unspecified atom stereocenters. The molecule has 1 atom stereocenters. The van der Waals surface area contributed by atoms with Gasteiger partial charge in [-0.25, -0.2) is 0 Å². The van der Waals surface area contributed by atoms with Crippen molar-refractivity contribution in [1.82, 2.24) is 10.6 Å². The third-order valence-corrected chi connectivity index (χ3v) is 2.95. The summed E-state index contributed by atoms with van der Waals surface area (Å²) in [7, 11) is 0. The molecule has 0 radical (unpaired) electrons. The molecule has 0 saturated carbocycles. The molecule has 0 fully saturated rings. The highest BCUT2D eigenvalue weighted by atomic mass is 16.3.